The lowest BCUT2D eigenvalue weighted by Crippen LogP contribution is -2.39. The maximum atomic E-state index is 12.5. The Labute approximate surface area is 267 Å². The fourth-order valence-corrected chi connectivity index (χ4v) is 12.5. The van der Waals surface area contributed by atoms with Gasteiger partial charge < -0.3 is 18.1 Å². The number of hydrogen-bond acceptors (Lipinski definition) is 12. The van der Waals surface area contributed by atoms with Crippen molar-refractivity contribution >= 4 is 93.0 Å². The van der Waals surface area contributed by atoms with Crippen molar-refractivity contribution in [1.82, 2.24) is 9.80 Å². The van der Waals surface area contributed by atoms with Gasteiger partial charge in [-0.2, -0.15) is 0 Å². The van der Waals surface area contributed by atoms with Crippen LogP contribution in [0.25, 0.3) is 0 Å². The first-order chi connectivity index (χ1) is 20.0. The Hall–Kier alpha value is -1.15. The normalized spacial score (nSPS) is 15.5. The SMILES string of the molecule is CCOP(=S)(OCC)SC(CCl)N1C(=O)c2ccccc2C1=O.COP(=S)(OC)SCN1C(=O)c2ccccc2C1=O. The summed E-state index contributed by atoms with van der Waals surface area (Å²) in [5, 5.41) is -0.631. The molecule has 0 radical (unpaired) electrons. The van der Waals surface area contributed by atoms with E-state index < -0.39 is 16.8 Å². The van der Waals surface area contributed by atoms with Crippen LogP contribution in [0.15, 0.2) is 48.5 Å². The van der Waals surface area contributed by atoms with Gasteiger partial charge in [0.15, 0.2) is 0 Å². The second-order valence-corrected chi connectivity index (χ2v) is 21.4. The second-order valence-electron chi connectivity index (χ2n) is 8.18. The molecule has 42 heavy (non-hydrogen) atoms. The van der Waals surface area contributed by atoms with Crippen LogP contribution in [0.5, 0.6) is 0 Å². The summed E-state index contributed by atoms with van der Waals surface area (Å²) < 4.78 is 21.4. The molecule has 1 atom stereocenters. The maximum Gasteiger partial charge on any atom is 0.262 e. The van der Waals surface area contributed by atoms with Gasteiger partial charge in [0.1, 0.15) is 5.37 Å². The molecule has 2 aromatic carbocycles. The molecule has 0 fully saturated rings. The summed E-state index contributed by atoms with van der Waals surface area (Å²) in [6.07, 6.45) is 0. The zero-order valence-electron chi connectivity index (χ0n) is 23.1. The minimum Gasteiger partial charge on any atom is -0.325 e. The Balaban J connectivity index is 0.000000235. The van der Waals surface area contributed by atoms with E-state index in [1.807, 2.05) is 13.8 Å². The minimum atomic E-state index is -2.67. The van der Waals surface area contributed by atoms with E-state index in [9.17, 15) is 19.2 Å². The van der Waals surface area contributed by atoms with Crippen LogP contribution >= 0.6 is 45.8 Å². The molecule has 228 valence electrons. The number of amides is 4. The molecule has 17 heteroatoms. The molecule has 0 bridgehead atoms. The number of alkyl halides is 1. The summed E-state index contributed by atoms with van der Waals surface area (Å²) in [6.45, 7) is 4.42. The molecule has 1 unspecified atom stereocenters. The number of carbonyl (C=O) groups is 4. The van der Waals surface area contributed by atoms with Crippen LogP contribution in [-0.2, 0) is 41.7 Å². The molecule has 4 rings (SSSR count). The van der Waals surface area contributed by atoms with Gasteiger partial charge in [-0.05, 0) is 84.5 Å². The number of carbonyl (C=O) groups excluding carboxylic acids is 4. The highest BCUT2D eigenvalue weighted by Crippen LogP contribution is 2.63. The van der Waals surface area contributed by atoms with Crippen molar-refractivity contribution in [3.8, 4) is 0 Å². The molecule has 0 aliphatic carbocycles. The average Bonchev–Trinajstić information content (AvgIpc) is 3.39. The van der Waals surface area contributed by atoms with Gasteiger partial charge in [0.05, 0.1) is 47.2 Å². The van der Waals surface area contributed by atoms with Gasteiger partial charge in [-0.15, -0.1) is 11.6 Å². The molecule has 0 saturated heterocycles. The van der Waals surface area contributed by atoms with Gasteiger partial charge in [0.25, 0.3) is 23.6 Å². The van der Waals surface area contributed by atoms with Crippen LogP contribution in [0.4, 0.5) is 0 Å². The summed E-state index contributed by atoms with van der Waals surface area (Å²) in [4.78, 5) is 51.6. The lowest BCUT2D eigenvalue weighted by molar-refractivity contribution is 0.0642. The molecule has 2 aliphatic heterocycles. The smallest absolute Gasteiger partial charge is 0.262 e. The van der Waals surface area contributed by atoms with Crippen LogP contribution in [-0.4, -0.2) is 78.0 Å². The molecule has 10 nitrogen and oxygen atoms in total. The van der Waals surface area contributed by atoms with Gasteiger partial charge in [-0.3, -0.25) is 29.0 Å². The fraction of sp³-hybridized carbons (Fsp3) is 0.360. The Morgan fingerprint density at radius 3 is 1.52 bits per heavy atom. The summed E-state index contributed by atoms with van der Waals surface area (Å²) in [7, 11) is 2.92. The van der Waals surface area contributed by atoms with Gasteiger partial charge >= 0.3 is 0 Å². The first kappa shape index (κ1) is 35.3. The highest BCUT2D eigenvalue weighted by molar-refractivity contribution is 8.68. The average molecular weight is 711 g/mol. The van der Waals surface area contributed by atoms with Gasteiger partial charge in [0, 0.05) is 14.2 Å². The van der Waals surface area contributed by atoms with Crippen molar-refractivity contribution in [3.63, 3.8) is 0 Å². The topological polar surface area (TPSA) is 112 Å². The predicted octanol–water partition coefficient (Wildman–Crippen LogP) is 6.37. The first-order valence-electron chi connectivity index (χ1n) is 12.4. The van der Waals surface area contributed by atoms with Crippen molar-refractivity contribution in [2.24, 2.45) is 0 Å². The van der Waals surface area contributed by atoms with E-state index in [-0.39, 0.29) is 35.4 Å². The molecule has 0 saturated carbocycles. The lowest BCUT2D eigenvalue weighted by atomic mass is 10.1. The number of imide groups is 2. The van der Waals surface area contributed by atoms with E-state index in [1.165, 1.54) is 14.2 Å². The van der Waals surface area contributed by atoms with Crippen molar-refractivity contribution in [3.05, 3.63) is 70.8 Å². The van der Waals surface area contributed by atoms with Crippen LogP contribution in [0.2, 0.25) is 0 Å². The molecular formula is C25H29ClN2O8P2S4. The molecule has 2 aromatic rings. The van der Waals surface area contributed by atoms with Crippen LogP contribution in [0.1, 0.15) is 55.3 Å². The van der Waals surface area contributed by atoms with Crippen molar-refractivity contribution in [1.29, 1.82) is 0 Å². The molecule has 2 heterocycles. The zero-order chi connectivity index (χ0) is 31.1. The Bertz CT molecular complexity index is 1360. The number of rotatable bonds is 13. The second kappa shape index (κ2) is 15.7. The molecule has 0 aromatic heterocycles. The van der Waals surface area contributed by atoms with E-state index in [0.29, 0.717) is 35.5 Å². The molecule has 0 N–H and O–H groups in total. The highest BCUT2D eigenvalue weighted by Gasteiger charge is 2.42. The summed E-state index contributed by atoms with van der Waals surface area (Å²) in [6, 6.07) is 13.5. The standard InChI is InChI=1S/C14H17ClNO4PS2.C11H12NO4PS2/c1-3-19-21(22,20-4-2)23-12(9-15)16-13(17)10-7-5-6-8-11(10)14(16)18;1-15-17(18,16-2)19-7-12-10(13)8-5-3-4-6-9(8)11(12)14/h5-8,12H,3-4,9H2,1-2H3;3-6H,7H2,1-2H3. The lowest BCUT2D eigenvalue weighted by Gasteiger charge is -2.29. The van der Waals surface area contributed by atoms with E-state index in [4.69, 9.17) is 53.3 Å². The van der Waals surface area contributed by atoms with Crippen molar-refractivity contribution in [2.75, 3.05) is 39.2 Å². The third kappa shape index (κ3) is 7.92. The molecule has 4 amide bonds. The fourth-order valence-electron chi connectivity index (χ4n) is 3.84. The quantitative estimate of drug-likeness (QED) is 0.131. The van der Waals surface area contributed by atoms with Crippen molar-refractivity contribution in [2.45, 2.75) is 19.2 Å². The Morgan fingerprint density at radius 2 is 1.17 bits per heavy atom. The van der Waals surface area contributed by atoms with E-state index >= 15 is 0 Å². The van der Waals surface area contributed by atoms with Gasteiger partial charge in [0.2, 0.25) is 11.4 Å². The van der Waals surface area contributed by atoms with Crippen LogP contribution in [0.3, 0.4) is 0 Å². The number of halogens is 1. The largest absolute Gasteiger partial charge is 0.325 e. The molecule has 0 spiro atoms. The maximum absolute atomic E-state index is 12.5. The number of fused-ring (bicyclic) bond motifs is 2. The monoisotopic (exact) mass is 710 g/mol. The van der Waals surface area contributed by atoms with E-state index in [0.717, 1.165) is 32.6 Å². The number of hydrogen-bond donors (Lipinski definition) is 0. The summed E-state index contributed by atoms with van der Waals surface area (Å²) in [5.41, 5.74) is -3.53. The van der Waals surface area contributed by atoms with E-state index in [2.05, 4.69) is 0 Å². The van der Waals surface area contributed by atoms with Crippen LogP contribution in [0, 0.1) is 0 Å². The Kier molecular flexibility index (Phi) is 13.2. The number of nitrogens with zero attached hydrogens (tertiary/aromatic N) is 2. The van der Waals surface area contributed by atoms with Gasteiger partial charge in [-0.1, -0.05) is 24.3 Å². The van der Waals surface area contributed by atoms with Crippen LogP contribution < -0.4 is 0 Å². The first-order valence-corrected chi connectivity index (χ1v) is 21.3. The Morgan fingerprint density at radius 1 is 0.762 bits per heavy atom. The highest BCUT2D eigenvalue weighted by atomic mass is 35.5. The zero-order valence-corrected chi connectivity index (χ0v) is 28.9. The van der Waals surface area contributed by atoms with Gasteiger partial charge in [-0.25, -0.2) is 0 Å². The molecular weight excluding hydrogens is 682 g/mol. The third-order valence-corrected chi connectivity index (χ3v) is 17.4. The number of benzene rings is 2. The minimum absolute atomic E-state index is 0.0503. The third-order valence-electron chi connectivity index (χ3n) is 5.74. The summed E-state index contributed by atoms with van der Waals surface area (Å²) in [5.74, 6) is -1.15. The van der Waals surface area contributed by atoms with Crippen molar-refractivity contribution < 1.29 is 37.3 Å². The predicted molar refractivity (Wildman–Crippen MR) is 174 cm³/mol. The molecule has 2 aliphatic rings. The summed E-state index contributed by atoms with van der Waals surface area (Å²) >= 11 is 19.0. The van der Waals surface area contributed by atoms with E-state index in [1.54, 1.807) is 48.5 Å².